The summed E-state index contributed by atoms with van der Waals surface area (Å²) in [6.45, 7) is 5.31. The first kappa shape index (κ1) is 7.58. The zero-order chi connectivity index (χ0) is 7.56. The Labute approximate surface area is 62.2 Å². The molecular formula is C8H15NO. The van der Waals surface area contributed by atoms with Crippen LogP contribution in [-0.4, -0.2) is 23.9 Å². The van der Waals surface area contributed by atoms with Crippen molar-refractivity contribution in [2.45, 2.75) is 32.7 Å². The molecule has 0 saturated carbocycles. The summed E-state index contributed by atoms with van der Waals surface area (Å²) < 4.78 is 0. The lowest BCUT2D eigenvalue weighted by Gasteiger charge is -2.22. The van der Waals surface area contributed by atoms with Crippen LogP contribution >= 0.6 is 0 Å². The molecule has 1 atom stereocenters. The molecule has 2 heteroatoms. The number of hydrogen-bond donors (Lipinski definition) is 0. The molecule has 0 spiro atoms. The summed E-state index contributed by atoms with van der Waals surface area (Å²) in [6, 6.07) is 0.512. The molecule has 0 aromatic heterocycles. The van der Waals surface area contributed by atoms with Gasteiger partial charge >= 0.3 is 0 Å². The number of carbonyl (C=O) groups is 1. The quantitative estimate of drug-likeness (QED) is 0.530. The van der Waals surface area contributed by atoms with Crippen LogP contribution in [0.1, 0.15) is 26.7 Å². The van der Waals surface area contributed by atoms with Gasteiger partial charge in [0.1, 0.15) is 0 Å². The zero-order valence-corrected chi connectivity index (χ0v) is 6.71. The van der Waals surface area contributed by atoms with Crippen LogP contribution in [-0.2, 0) is 4.79 Å². The summed E-state index contributed by atoms with van der Waals surface area (Å²) in [6.07, 6.45) is 3.36. The van der Waals surface area contributed by atoms with Gasteiger partial charge in [-0.25, -0.2) is 0 Å². The second-order valence-electron chi connectivity index (χ2n) is 3.30. The average Bonchev–Trinajstić information content (AvgIpc) is 2.33. The van der Waals surface area contributed by atoms with Gasteiger partial charge in [0.05, 0.1) is 0 Å². The second kappa shape index (κ2) is 3.04. The Hall–Kier alpha value is -0.530. The molecular weight excluding hydrogens is 126 g/mol. The smallest absolute Gasteiger partial charge is 0.209 e. The van der Waals surface area contributed by atoms with Crippen LogP contribution in [0.2, 0.25) is 0 Å². The maximum Gasteiger partial charge on any atom is 0.209 e. The molecule has 1 heterocycles. The van der Waals surface area contributed by atoms with Crippen LogP contribution < -0.4 is 0 Å². The number of nitrogens with zero attached hydrogens (tertiary/aromatic N) is 1. The van der Waals surface area contributed by atoms with Gasteiger partial charge in [0, 0.05) is 12.6 Å². The third-order valence-corrected chi connectivity index (χ3v) is 2.25. The molecule has 1 aliphatic rings. The van der Waals surface area contributed by atoms with Crippen LogP contribution in [0.5, 0.6) is 0 Å². The normalized spacial score (nSPS) is 25.9. The topological polar surface area (TPSA) is 20.3 Å². The van der Waals surface area contributed by atoms with E-state index in [9.17, 15) is 4.79 Å². The van der Waals surface area contributed by atoms with E-state index in [1.165, 1.54) is 12.8 Å². The van der Waals surface area contributed by atoms with Crippen LogP contribution in [0.3, 0.4) is 0 Å². The van der Waals surface area contributed by atoms with Crippen molar-refractivity contribution in [3.8, 4) is 0 Å². The van der Waals surface area contributed by atoms with Crippen LogP contribution in [0.15, 0.2) is 0 Å². The van der Waals surface area contributed by atoms with E-state index >= 15 is 0 Å². The Morgan fingerprint density at radius 1 is 1.60 bits per heavy atom. The summed E-state index contributed by atoms with van der Waals surface area (Å²) in [5.74, 6) is 0.618. The monoisotopic (exact) mass is 141 g/mol. The number of carbonyl (C=O) groups excluding carboxylic acids is 1. The van der Waals surface area contributed by atoms with Crippen molar-refractivity contribution in [1.82, 2.24) is 4.90 Å². The molecule has 58 valence electrons. The van der Waals surface area contributed by atoms with Crippen molar-refractivity contribution in [2.24, 2.45) is 5.92 Å². The van der Waals surface area contributed by atoms with Crippen molar-refractivity contribution < 1.29 is 4.79 Å². The molecule has 0 N–H and O–H groups in total. The summed E-state index contributed by atoms with van der Waals surface area (Å²) in [5, 5.41) is 0. The minimum Gasteiger partial charge on any atom is -0.342 e. The highest BCUT2D eigenvalue weighted by Gasteiger charge is 2.24. The predicted octanol–water partition coefficient (Wildman–Crippen LogP) is 1.26. The molecule has 1 amide bonds. The molecule has 1 saturated heterocycles. The largest absolute Gasteiger partial charge is 0.342 e. The highest BCUT2D eigenvalue weighted by Crippen LogP contribution is 2.21. The van der Waals surface area contributed by atoms with E-state index in [-0.39, 0.29) is 0 Å². The van der Waals surface area contributed by atoms with Gasteiger partial charge < -0.3 is 4.90 Å². The fraction of sp³-hybridized carbons (Fsp3) is 0.875. The Kier molecular flexibility index (Phi) is 2.30. The third-order valence-electron chi connectivity index (χ3n) is 2.25. The van der Waals surface area contributed by atoms with E-state index < -0.39 is 0 Å². The third kappa shape index (κ3) is 1.31. The lowest BCUT2D eigenvalue weighted by molar-refractivity contribution is -0.119. The van der Waals surface area contributed by atoms with Gasteiger partial charge in [-0.3, -0.25) is 4.79 Å². The Balaban J connectivity index is 2.49. The van der Waals surface area contributed by atoms with Crippen molar-refractivity contribution in [2.75, 3.05) is 6.54 Å². The fourth-order valence-electron chi connectivity index (χ4n) is 1.66. The van der Waals surface area contributed by atoms with E-state index in [0.717, 1.165) is 13.0 Å². The summed E-state index contributed by atoms with van der Waals surface area (Å²) >= 11 is 0. The number of hydrogen-bond acceptors (Lipinski definition) is 1. The van der Waals surface area contributed by atoms with Crippen molar-refractivity contribution >= 4 is 6.41 Å². The van der Waals surface area contributed by atoms with Gasteiger partial charge in [-0.15, -0.1) is 0 Å². The maximum absolute atomic E-state index is 10.4. The highest BCUT2D eigenvalue weighted by atomic mass is 16.1. The highest BCUT2D eigenvalue weighted by molar-refractivity contribution is 5.48. The van der Waals surface area contributed by atoms with E-state index in [1.54, 1.807) is 0 Å². The molecule has 1 rings (SSSR count). The Morgan fingerprint density at radius 2 is 2.30 bits per heavy atom. The summed E-state index contributed by atoms with van der Waals surface area (Å²) in [7, 11) is 0. The number of rotatable bonds is 2. The molecule has 1 aliphatic heterocycles. The Morgan fingerprint density at radius 3 is 2.70 bits per heavy atom. The SMILES string of the molecule is CC(C)C1CCCN1C=O. The first-order valence-electron chi connectivity index (χ1n) is 3.96. The van der Waals surface area contributed by atoms with Crippen molar-refractivity contribution in [3.63, 3.8) is 0 Å². The average molecular weight is 141 g/mol. The van der Waals surface area contributed by atoms with Gasteiger partial charge in [-0.05, 0) is 18.8 Å². The van der Waals surface area contributed by atoms with E-state index in [2.05, 4.69) is 13.8 Å². The van der Waals surface area contributed by atoms with Crippen molar-refractivity contribution in [3.05, 3.63) is 0 Å². The number of amides is 1. The Bertz CT molecular complexity index is 122. The molecule has 0 aromatic carbocycles. The zero-order valence-electron chi connectivity index (χ0n) is 6.71. The molecule has 10 heavy (non-hydrogen) atoms. The second-order valence-corrected chi connectivity index (χ2v) is 3.30. The molecule has 1 fully saturated rings. The van der Waals surface area contributed by atoms with Gasteiger partial charge in [-0.2, -0.15) is 0 Å². The predicted molar refractivity (Wildman–Crippen MR) is 40.6 cm³/mol. The molecule has 0 radical (unpaired) electrons. The minimum atomic E-state index is 0.512. The summed E-state index contributed by atoms with van der Waals surface area (Å²) in [4.78, 5) is 12.4. The first-order chi connectivity index (χ1) is 4.75. The molecule has 0 bridgehead atoms. The van der Waals surface area contributed by atoms with E-state index in [1.807, 2.05) is 4.90 Å². The van der Waals surface area contributed by atoms with E-state index in [4.69, 9.17) is 0 Å². The fourth-order valence-corrected chi connectivity index (χ4v) is 1.66. The van der Waals surface area contributed by atoms with Crippen molar-refractivity contribution in [1.29, 1.82) is 0 Å². The van der Waals surface area contributed by atoms with Crippen LogP contribution in [0, 0.1) is 5.92 Å². The van der Waals surface area contributed by atoms with Gasteiger partial charge in [-0.1, -0.05) is 13.8 Å². The molecule has 2 nitrogen and oxygen atoms in total. The van der Waals surface area contributed by atoms with Crippen LogP contribution in [0.4, 0.5) is 0 Å². The standard InChI is InChI=1S/C8H15NO/c1-7(2)8-4-3-5-9(8)6-10/h6-8H,3-5H2,1-2H3. The number of likely N-dealkylation sites (tertiary alicyclic amines) is 1. The lowest BCUT2D eigenvalue weighted by atomic mass is 10.0. The summed E-state index contributed by atoms with van der Waals surface area (Å²) in [5.41, 5.74) is 0. The molecule has 0 aromatic rings. The van der Waals surface area contributed by atoms with Gasteiger partial charge in [0.25, 0.3) is 0 Å². The van der Waals surface area contributed by atoms with Gasteiger partial charge in [0.15, 0.2) is 0 Å². The maximum atomic E-state index is 10.4. The van der Waals surface area contributed by atoms with E-state index in [0.29, 0.717) is 12.0 Å². The molecule has 0 aliphatic carbocycles. The molecule has 1 unspecified atom stereocenters. The lowest BCUT2D eigenvalue weighted by Crippen LogP contribution is -2.31. The van der Waals surface area contributed by atoms with Gasteiger partial charge in [0.2, 0.25) is 6.41 Å². The van der Waals surface area contributed by atoms with Crippen LogP contribution in [0.25, 0.3) is 0 Å². The first-order valence-corrected chi connectivity index (χ1v) is 3.96. The minimum absolute atomic E-state index is 0.512.